The lowest BCUT2D eigenvalue weighted by atomic mass is 9.77. The molecule has 0 bridgehead atoms. The van der Waals surface area contributed by atoms with Crippen molar-refractivity contribution in [3.05, 3.63) is 34.7 Å². The average molecular weight is 191 g/mol. The Morgan fingerprint density at radius 2 is 2.50 bits per heavy atom. The molecule has 0 aromatic rings. The smallest absolute Gasteiger partial charge is 0.0586 e. The molecular weight excluding hydrogens is 174 g/mol. The van der Waals surface area contributed by atoms with Gasteiger partial charge in [0.25, 0.3) is 0 Å². The number of nitrogens with zero attached hydrogens (tertiary/aromatic N) is 3. The molecule has 0 fully saturated rings. The van der Waals surface area contributed by atoms with E-state index >= 15 is 0 Å². The first-order valence-electron chi connectivity index (χ1n) is 5.01. The maximum atomic E-state index is 8.45. The van der Waals surface area contributed by atoms with Crippen LogP contribution in [0.4, 0.5) is 0 Å². The van der Waals surface area contributed by atoms with Gasteiger partial charge in [0.05, 0.1) is 6.04 Å². The standard InChI is InChI=1S/C11H17N3/c1-4-5-10-6-8(2)7-11(9(10)3)13-14-12/h4,7,9-11H,1,5-6H2,2-3H3/t9-,10-,11-/m0/s1. The first-order valence-corrected chi connectivity index (χ1v) is 5.01. The topological polar surface area (TPSA) is 48.8 Å². The van der Waals surface area contributed by atoms with E-state index in [0.717, 1.165) is 12.8 Å². The van der Waals surface area contributed by atoms with Crippen LogP contribution in [0.2, 0.25) is 0 Å². The molecule has 0 heterocycles. The lowest BCUT2D eigenvalue weighted by Gasteiger charge is -2.31. The third-order valence-electron chi connectivity index (χ3n) is 2.98. The van der Waals surface area contributed by atoms with Crippen LogP contribution < -0.4 is 0 Å². The highest BCUT2D eigenvalue weighted by Gasteiger charge is 2.26. The summed E-state index contributed by atoms with van der Waals surface area (Å²) in [5.74, 6) is 1.00. The molecule has 0 aromatic carbocycles. The van der Waals surface area contributed by atoms with E-state index in [0.29, 0.717) is 11.8 Å². The first kappa shape index (κ1) is 10.9. The van der Waals surface area contributed by atoms with E-state index in [2.05, 4.69) is 36.5 Å². The highest BCUT2D eigenvalue weighted by Crippen LogP contribution is 2.33. The highest BCUT2D eigenvalue weighted by molar-refractivity contribution is 5.13. The molecule has 0 radical (unpaired) electrons. The molecule has 14 heavy (non-hydrogen) atoms. The van der Waals surface area contributed by atoms with Gasteiger partial charge in [-0.2, -0.15) is 0 Å². The molecule has 3 heteroatoms. The Morgan fingerprint density at radius 1 is 1.79 bits per heavy atom. The number of azide groups is 1. The molecule has 0 N–H and O–H groups in total. The summed E-state index contributed by atoms with van der Waals surface area (Å²) in [6, 6.07) is 0.0266. The van der Waals surface area contributed by atoms with Crippen LogP contribution in [0, 0.1) is 11.8 Å². The zero-order chi connectivity index (χ0) is 10.6. The van der Waals surface area contributed by atoms with Gasteiger partial charge in [0.2, 0.25) is 0 Å². The van der Waals surface area contributed by atoms with E-state index in [1.54, 1.807) is 0 Å². The molecule has 0 unspecified atom stereocenters. The van der Waals surface area contributed by atoms with E-state index in [1.807, 2.05) is 6.08 Å². The largest absolute Gasteiger partial charge is 0.103 e. The van der Waals surface area contributed by atoms with E-state index in [4.69, 9.17) is 5.53 Å². The lowest BCUT2D eigenvalue weighted by Crippen LogP contribution is -2.26. The van der Waals surface area contributed by atoms with Crippen LogP contribution >= 0.6 is 0 Å². The van der Waals surface area contributed by atoms with Crippen LogP contribution in [0.3, 0.4) is 0 Å². The predicted octanol–water partition coefficient (Wildman–Crippen LogP) is 3.84. The van der Waals surface area contributed by atoms with Crippen molar-refractivity contribution in [2.24, 2.45) is 17.0 Å². The zero-order valence-electron chi connectivity index (χ0n) is 8.85. The van der Waals surface area contributed by atoms with Gasteiger partial charge < -0.3 is 0 Å². The second-order valence-corrected chi connectivity index (χ2v) is 4.06. The van der Waals surface area contributed by atoms with Crippen molar-refractivity contribution in [1.29, 1.82) is 0 Å². The SMILES string of the molecule is C=CC[C@H]1CC(C)=C[C@H](N=[N+]=[N-])[C@H]1C. The number of rotatable bonds is 3. The van der Waals surface area contributed by atoms with Crippen molar-refractivity contribution in [1.82, 2.24) is 0 Å². The molecule has 0 spiro atoms. The molecule has 3 nitrogen and oxygen atoms in total. The summed E-state index contributed by atoms with van der Waals surface area (Å²) in [4.78, 5) is 2.89. The van der Waals surface area contributed by atoms with Crippen molar-refractivity contribution >= 4 is 0 Å². The molecule has 0 aliphatic heterocycles. The fraction of sp³-hybridized carbons (Fsp3) is 0.636. The maximum Gasteiger partial charge on any atom is 0.0586 e. The molecule has 1 aliphatic carbocycles. The quantitative estimate of drug-likeness (QED) is 0.281. The van der Waals surface area contributed by atoms with Crippen LogP contribution in [0.15, 0.2) is 29.4 Å². The van der Waals surface area contributed by atoms with Crippen LogP contribution in [0.25, 0.3) is 10.4 Å². The number of hydrogen-bond acceptors (Lipinski definition) is 1. The molecule has 1 rings (SSSR count). The third-order valence-corrected chi connectivity index (χ3v) is 2.98. The summed E-state index contributed by atoms with van der Waals surface area (Å²) in [5, 5.41) is 3.82. The van der Waals surface area contributed by atoms with Gasteiger partial charge in [-0.05, 0) is 37.1 Å². The van der Waals surface area contributed by atoms with Gasteiger partial charge in [0.15, 0.2) is 0 Å². The summed E-state index contributed by atoms with van der Waals surface area (Å²) in [5.41, 5.74) is 9.77. The molecule has 3 atom stereocenters. The van der Waals surface area contributed by atoms with E-state index in [1.165, 1.54) is 5.57 Å². The minimum Gasteiger partial charge on any atom is -0.103 e. The maximum absolute atomic E-state index is 8.45. The molecule has 76 valence electrons. The van der Waals surface area contributed by atoms with Gasteiger partial charge >= 0.3 is 0 Å². The van der Waals surface area contributed by atoms with Gasteiger partial charge in [-0.3, -0.25) is 0 Å². The van der Waals surface area contributed by atoms with Gasteiger partial charge in [-0.25, -0.2) is 0 Å². The Kier molecular flexibility index (Phi) is 3.78. The minimum absolute atomic E-state index is 0.0266. The second kappa shape index (κ2) is 4.87. The van der Waals surface area contributed by atoms with Crippen LogP contribution in [0.1, 0.15) is 26.7 Å². The summed E-state index contributed by atoms with van der Waals surface area (Å²) in [6.07, 6.45) is 6.14. The van der Waals surface area contributed by atoms with Crippen molar-refractivity contribution in [3.8, 4) is 0 Å². The van der Waals surface area contributed by atoms with Gasteiger partial charge in [0, 0.05) is 4.91 Å². The average Bonchev–Trinajstić information content (AvgIpc) is 2.14. The Labute approximate surface area is 85.1 Å². The van der Waals surface area contributed by atoms with Crippen molar-refractivity contribution in [3.63, 3.8) is 0 Å². The van der Waals surface area contributed by atoms with Crippen molar-refractivity contribution in [2.45, 2.75) is 32.7 Å². The van der Waals surface area contributed by atoms with Crippen LogP contribution in [0.5, 0.6) is 0 Å². The monoisotopic (exact) mass is 191 g/mol. The third kappa shape index (κ3) is 2.39. The number of allylic oxidation sites excluding steroid dienone is 2. The molecular formula is C11H17N3. The van der Waals surface area contributed by atoms with Crippen LogP contribution in [-0.2, 0) is 0 Å². The predicted molar refractivity (Wildman–Crippen MR) is 58.8 cm³/mol. The lowest BCUT2D eigenvalue weighted by molar-refractivity contribution is 0.312. The second-order valence-electron chi connectivity index (χ2n) is 4.06. The molecule has 0 amide bonds. The minimum atomic E-state index is 0.0266. The summed E-state index contributed by atoms with van der Waals surface area (Å²) >= 11 is 0. The summed E-state index contributed by atoms with van der Waals surface area (Å²) in [6.45, 7) is 8.01. The highest BCUT2D eigenvalue weighted by atomic mass is 15.1. The fourth-order valence-corrected chi connectivity index (χ4v) is 2.10. The normalized spacial score (nSPS) is 31.6. The summed E-state index contributed by atoms with van der Waals surface area (Å²) < 4.78 is 0. The number of hydrogen-bond donors (Lipinski definition) is 0. The fourth-order valence-electron chi connectivity index (χ4n) is 2.10. The Bertz CT molecular complexity index is 287. The Morgan fingerprint density at radius 3 is 3.07 bits per heavy atom. The van der Waals surface area contributed by atoms with Crippen molar-refractivity contribution in [2.75, 3.05) is 0 Å². The van der Waals surface area contributed by atoms with E-state index in [9.17, 15) is 0 Å². The van der Waals surface area contributed by atoms with E-state index < -0.39 is 0 Å². The van der Waals surface area contributed by atoms with Crippen molar-refractivity contribution < 1.29 is 0 Å². The molecule has 1 aliphatic rings. The molecule has 0 saturated carbocycles. The van der Waals surface area contributed by atoms with E-state index in [-0.39, 0.29) is 6.04 Å². The van der Waals surface area contributed by atoms with Gasteiger partial charge in [-0.1, -0.05) is 29.8 Å². The van der Waals surface area contributed by atoms with Gasteiger partial charge in [-0.15, -0.1) is 6.58 Å². The van der Waals surface area contributed by atoms with Crippen LogP contribution in [-0.4, -0.2) is 6.04 Å². The zero-order valence-corrected chi connectivity index (χ0v) is 8.85. The first-order chi connectivity index (χ1) is 6.69. The summed E-state index contributed by atoms with van der Waals surface area (Å²) in [7, 11) is 0. The molecule has 0 saturated heterocycles. The Balaban J connectivity index is 2.82. The Hall–Kier alpha value is -1.21. The molecule has 0 aromatic heterocycles. The van der Waals surface area contributed by atoms with Gasteiger partial charge in [0.1, 0.15) is 0 Å².